The van der Waals surface area contributed by atoms with Crippen molar-refractivity contribution in [3.8, 4) is 0 Å². The van der Waals surface area contributed by atoms with E-state index in [4.69, 9.17) is 5.73 Å². The van der Waals surface area contributed by atoms with E-state index in [0.717, 1.165) is 12.2 Å². The minimum Gasteiger partial charge on any atom is -0.328 e. The third-order valence-electron chi connectivity index (χ3n) is 2.55. The summed E-state index contributed by atoms with van der Waals surface area (Å²) in [5, 5.41) is 3.31. The smallest absolute Gasteiger partial charge is 0.0332 e. The molecule has 0 spiro atoms. The lowest BCUT2D eigenvalue weighted by molar-refractivity contribution is 0.499. The molecule has 0 bridgehead atoms. The Bertz CT molecular complexity index is 295. The molecule has 0 saturated carbocycles. The predicted molar refractivity (Wildman–Crippen MR) is 72.9 cm³/mol. The topological polar surface area (TPSA) is 38.0 Å². The van der Waals surface area contributed by atoms with E-state index < -0.39 is 0 Å². The molecule has 0 aliphatic rings. The number of nitrogens with two attached hydrogens (primary N) is 1. The Labute approximate surface area is 103 Å². The van der Waals surface area contributed by atoms with E-state index in [-0.39, 0.29) is 6.04 Å². The van der Waals surface area contributed by atoms with Crippen LogP contribution >= 0.6 is 11.8 Å². The molecule has 1 rings (SSSR count). The zero-order chi connectivity index (χ0) is 12.0. The van der Waals surface area contributed by atoms with Crippen LogP contribution in [0.4, 0.5) is 0 Å². The Kier molecular flexibility index (Phi) is 5.88. The molecule has 2 atom stereocenters. The van der Waals surface area contributed by atoms with Gasteiger partial charge in [-0.15, -0.1) is 11.8 Å². The lowest BCUT2D eigenvalue weighted by Crippen LogP contribution is -2.25. The lowest BCUT2D eigenvalue weighted by atomic mass is 10.0. The second kappa shape index (κ2) is 6.94. The van der Waals surface area contributed by atoms with Crippen molar-refractivity contribution in [2.24, 2.45) is 5.73 Å². The molecule has 3 N–H and O–H groups in total. The minimum absolute atomic E-state index is 0.224. The molecular weight excluding hydrogens is 216 g/mol. The van der Waals surface area contributed by atoms with Crippen LogP contribution in [-0.4, -0.2) is 18.8 Å². The van der Waals surface area contributed by atoms with Crippen LogP contribution in [0.5, 0.6) is 0 Å². The van der Waals surface area contributed by atoms with E-state index in [1.54, 1.807) is 0 Å². The molecule has 0 saturated heterocycles. The van der Waals surface area contributed by atoms with Crippen LogP contribution in [0.25, 0.3) is 0 Å². The summed E-state index contributed by atoms with van der Waals surface area (Å²) in [5.41, 5.74) is 7.16. The van der Waals surface area contributed by atoms with Crippen molar-refractivity contribution in [1.82, 2.24) is 5.32 Å². The molecule has 2 unspecified atom stereocenters. The van der Waals surface area contributed by atoms with E-state index in [1.165, 1.54) is 10.5 Å². The molecule has 3 heteroatoms. The van der Waals surface area contributed by atoms with Crippen molar-refractivity contribution in [1.29, 1.82) is 0 Å². The summed E-state index contributed by atoms with van der Waals surface area (Å²) in [7, 11) is 1.99. The largest absolute Gasteiger partial charge is 0.328 e. The Hall–Kier alpha value is -0.510. The van der Waals surface area contributed by atoms with Crippen molar-refractivity contribution in [3.05, 3.63) is 29.8 Å². The zero-order valence-corrected chi connectivity index (χ0v) is 11.2. The molecule has 0 fully saturated rings. The molecule has 2 nitrogen and oxygen atoms in total. The quantitative estimate of drug-likeness (QED) is 0.748. The second-order valence-corrected chi connectivity index (χ2v) is 5.39. The normalized spacial score (nSPS) is 14.8. The van der Waals surface area contributed by atoms with Crippen LogP contribution in [0, 0.1) is 0 Å². The molecule has 1 aromatic carbocycles. The number of hydrogen-bond donors (Lipinski definition) is 2. The first-order valence-electron chi connectivity index (χ1n) is 5.83. The first-order chi connectivity index (χ1) is 7.67. The summed E-state index contributed by atoms with van der Waals surface area (Å²) in [6, 6.07) is 9.36. The SMILES string of the molecule is CCSc1ccc(C(CC(C)N)NC)cc1. The van der Waals surface area contributed by atoms with Crippen LogP contribution < -0.4 is 11.1 Å². The van der Waals surface area contributed by atoms with Gasteiger partial charge in [0.05, 0.1) is 0 Å². The number of thioether (sulfide) groups is 1. The maximum atomic E-state index is 5.84. The highest BCUT2D eigenvalue weighted by Crippen LogP contribution is 2.22. The fourth-order valence-electron chi connectivity index (χ4n) is 1.76. The second-order valence-electron chi connectivity index (χ2n) is 4.06. The first kappa shape index (κ1) is 13.6. The van der Waals surface area contributed by atoms with E-state index in [2.05, 4.69) is 36.5 Å². The van der Waals surface area contributed by atoms with Crippen LogP contribution in [0.1, 0.15) is 31.9 Å². The Morgan fingerprint density at radius 3 is 2.38 bits per heavy atom. The van der Waals surface area contributed by atoms with Crippen molar-refractivity contribution < 1.29 is 0 Å². The Morgan fingerprint density at radius 1 is 1.31 bits per heavy atom. The van der Waals surface area contributed by atoms with E-state index in [9.17, 15) is 0 Å². The Morgan fingerprint density at radius 2 is 1.94 bits per heavy atom. The number of rotatable bonds is 6. The average molecular weight is 238 g/mol. The minimum atomic E-state index is 0.224. The van der Waals surface area contributed by atoms with E-state index in [0.29, 0.717) is 6.04 Å². The van der Waals surface area contributed by atoms with Crippen molar-refractivity contribution in [2.75, 3.05) is 12.8 Å². The van der Waals surface area contributed by atoms with E-state index in [1.807, 2.05) is 25.7 Å². The van der Waals surface area contributed by atoms with Crippen LogP contribution in [0.15, 0.2) is 29.2 Å². The van der Waals surface area contributed by atoms with Gasteiger partial charge in [-0.3, -0.25) is 0 Å². The first-order valence-corrected chi connectivity index (χ1v) is 6.81. The highest BCUT2D eigenvalue weighted by atomic mass is 32.2. The van der Waals surface area contributed by atoms with E-state index >= 15 is 0 Å². The molecular formula is C13H22N2S. The fraction of sp³-hybridized carbons (Fsp3) is 0.538. The van der Waals surface area contributed by atoms with Gasteiger partial charge in [-0.05, 0) is 43.8 Å². The molecule has 0 aromatic heterocycles. The molecule has 0 aliphatic carbocycles. The zero-order valence-electron chi connectivity index (χ0n) is 10.4. The van der Waals surface area contributed by atoms with Gasteiger partial charge >= 0.3 is 0 Å². The summed E-state index contributed by atoms with van der Waals surface area (Å²) >= 11 is 1.87. The van der Waals surface area contributed by atoms with Crippen molar-refractivity contribution in [2.45, 2.75) is 37.2 Å². The van der Waals surface area contributed by atoms with Crippen LogP contribution in [0.3, 0.4) is 0 Å². The average Bonchev–Trinajstić information content (AvgIpc) is 2.27. The monoisotopic (exact) mass is 238 g/mol. The van der Waals surface area contributed by atoms with Gasteiger partial charge in [0, 0.05) is 17.0 Å². The van der Waals surface area contributed by atoms with Gasteiger partial charge in [-0.1, -0.05) is 19.1 Å². The van der Waals surface area contributed by atoms with Crippen molar-refractivity contribution in [3.63, 3.8) is 0 Å². The van der Waals surface area contributed by atoms with Gasteiger partial charge in [-0.25, -0.2) is 0 Å². The number of nitrogens with one attached hydrogen (secondary N) is 1. The number of hydrogen-bond acceptors (Lipinski definition) is 3. The van der Waals surface area contributed by atoms with Crippen LogP contribution in [0.2, 0.25) is 0 Å². The van der Waals surface area contributed by atoms with Crippen molar-refractivity contribution >= 4 is 11.8 Å². The fourth-order valence-corrected chi connectivity index (χ4v) is 2.42. The highest BCUT2D eigenvalue weighted by molar-refractivity contribution is 7.99. The standard InChI is InChI=1S/C13H22N2S/c1-4-16-12-7-5-11(6-8-12)13(15-3)9-10(2)14/h5-8,10,13,15H,4,9,14H2,1-3H3. The third kappa shape index (κ3) is 4.16. The molecule has 0 amide bonds. The summed E-state index contributed by atoms with van der Waals surface area (Å²) in [6.07, 6.45) is 0.969. The summed E-state index contributed by atoms with van der Waals surface area (Å²) < 4.78 is 0. The third-order valence-corrected chi connectivity index (χ3v) is 3.44. The Balaban J connectivity index is 2.70. The molecule has 0 aliphatic heterocycles. The van der Waals surface area contributed by atoms with Gasteiger partial charge in [0.25, 0.3) is 0 Å². The summed E-state index contributed by atoms with van der Waals surface area (Å²) in [5.74, 6) is 1.12. The van der Waals surface area contributed by atoms with Crippen LogP contribution in [-0.2, 0) is 0 Å². The lowest BCUT2D eigenvalue weighted by Gasteiger charge is -2.19. The molecule has 90 valence electrons. The summed E-state index contributed by atoms with van der Waals surface area (Å²) in [4.78, 5) is 1.34. The van der Waals surface area contributed by atoms with Gasteiger partial charge in [0.2, 0.25) is 0 Å². The van der Waals surface area contributed by atoms with Gasteiger partial charge in [0.15, 0.2) is 0 Å². The van der Waals surface area contributed by atoms with Gasteiger partial charge < -0.3 is 11.1 Å². The molecule has 0 heterocycles. The van der Waals surface area contributed by atoms with Gasteiger partial charge in [0.1, 0.15) is 0 Å². The number of benzene rings is 1. The highest BCUT2D eigenvalue weighted by Gasteiger charge is 2.10. The summed E-state index contributed by atoms with van der Waals surface area (Å²) in [6.45, 7) is 4.22. The molecule has 0 radical (unpaired) electrons. The predicted octanol–water partition coefficient (Wildman–Crippen LogP) is 2.80. The maximum Gasteiger partial charge on any atom is 0.0332 e. The maximum absolute atomic E-state index is 5.84. The van der Waals surface area contributed by atoms with Gasteiger partial charge in [-0.2, -0.15) is 0 Å². The molecule has 16 heavy (non-hydrogen) atoms. The molecule has 1 aromatic rings.